The van der Waals surface area contributed by atoms with Crippen molar-refractivity contribution in [2.24, 2.45) is 0 Å². The van der Waals surface area contributed by atoms with Gasteiger partial charge in [0, 0.05) is 25.7 Å². The molecule has 0 bridgehead atoms. The highest BCUT2D eigenvalue weighted by Gasteiger charge is 2.27. The molecule has 1 heterocycles. The zero-order valence-corrected chi connectivity index (χ0v) is 11.7. The number of aryl methyl sites for hydroxylation is 1. The molecule has 0 spiro atoms. The summed E-state index contributed by atoms with van der Waals surface area (Å²) in [6, 6.07) is 5.89. The molecule has 1 aromatic rings. The first-order chi connectivity index (χ1) is 9.24. The van der Waals surface area contributed by atoms with Crippen molar-refractivity contribution in [1.82, 2.24) is 9.80 Å². The minimum absolute atomic E-state index is 0.0880. The van der Waals surface area contributed by atoms with Gasteiger partial charge >= 0.3 is 0 Å². The number of hydrogen-bond donors (Lipinski definition) is 0. The summed E-state index contributed by atoms with van der Waals surface area (Å²) in [6.45, 7) is 4.65. The van der Waals surface area contributed by atoms with Gasteiger partial charge in [-0.1, -0.05) is 6.07 Å². The van der Waals surface area contributed by atoms with Gasteiger partial charge in [-0.3, -0.25) is 4.90 Å². The number of halogens is 1. The zero-order chi connectivity index (χ0) is 13.2. The molecule has 0 unspecified atom stereocenters. The molecule has 0 saturated carbocycles. The molecule has 3 rings (SSSR count). The first-order valence-electron chi connectivity index (χ1n) is 7.45. The molecule has 19 heavy (non-hydrogen) atoms. The smallest absolute Gasteiger partial charge is 0.123 e. The molecule has 1 saturated heterocycles. The number of hydrogen-bond acceptors (Lipinski definition) is 2. The molecule has 0 radical (unpaired) electrons. The van der Waals surface area contributed by atoms with Crippen LogP contribution in [0.15, 0.2) is 18.2 Å². The Hall–Kier alpha value is -0.930. The van der Waals surface area contributed by atoms with Gasteiger partial charge in [-0.05, 0) is 62.5 Å². The number of nitrogens with zero attached hydrogens (tertiary/aromatic N) is 2. The van der Waals surface area contributed by atoms with Gasteiger partial charge in [0.15, 0.2) is 0 Å². The summed E-state index contributed by atoms with van der Waals surface area (Å²) in [6.07, 6.45) is 4.69. The maximum atomic E-state index is 13.4. The monoisotopic (exact) mass is 262 g/mol. The first-order valence-corrected chi connectivity index (χ1v) is 7.45. The van der Waals surface area contributed by atoms with Gasteiger partial charge in [0.25, 0.3) is 0 Å². The molecule has 1 aliphatic heterocycles. The Bertz CT molecular complexity index is 446. The summed E-state index contributed by atoms with van der Waals surface area (Å²) in [4.78, 5) is 5.02. The van der Waals surface area contributed by atoms with Crippen molar-refractivity contribution < 1.29 is 4.39 Å². The van der Waals surface area contributed by atoms with E-state index in [1.165, 1.54) is 43.5 Å². The van der Waals surface area contributed by atoms with Crippen LogP contribution in [0.4, 0.5) is 4.39 Å². The lowest BCUT2D eigenvalue weighted by Gasteiger charge is -2.35. The van der Waals surface area contributed by atoms with Gasteiger partial charge in [0.1, 0.15) is 5.82 Å². The summed E-state index contributed by atoms with van der Waals surface area (Å²) in [7, 11) is 2.20. The van der Waals surface area contributed by atoms with Crippen LogP contribution in [0.2, 0.25) is 0 Å². The fourth-order valence-corrected chi connectivity index (χ4v) is 3.51. The lowest BCUT2D eigenvalue weighted by atomic mass is 9.86. The summed E-state index contributed by atoms with van der Waals surface area (Å²) in [5.74, 6) is -0.0880. The van der Waals surface area contributed by atoms with Gasteiger partial charge in [-0.25, -0.2) is 4.39 Å². The normalized spacial score (nSPS) is 25.9. The van der Waals surface area contributed by atoms with Crippen molar-refractivity contribution in [2.45, 2.75) is 31.7 Å². The lowest BCUT2D eigenvalue weighted by Crippen LogP contribution is -2.34. The molecule has 0 N–H and O–H groups in total. The average Bonchev–Trinajstić information content (AvgIpc) is 2.62. The Kier molecular flexibility index (Phi) is 3.85. The quantitative estimate of drug-likeness (QED) is 0.768. The van der Waals surface area contributed by atoms with Crippen LogP contribution in [0, 0.1) is 5.82 Å². The van der Waals surface area contributed by atoms with Gasteiger partial charge in [0.05, 0.1) is 0 Å². The molecule has 104 valence electrons. The van der Waals surface area contributed by atoms with Crippen LogP contribution in [0.1, 0.15) is 36.4 Å². The average molecular weight is 262 g/mol. The van der Waals surface area contributed by atoms with Gasteiger partial charge < -0.3 is 4.90 Å². The highest BCUT2D eigenvalue weighted by molar-refractivity contribution is 5.33. The predicted molar refractivity (Wildman–Crippen MR) is 75.8 cm³/mol. The fraction of sp³-hybridized carbons (Fsp3) is 0.625. The van der Waals surface area contributed by atoms with E-state index in [1.807, 2.05) is 6.07 Å². The van der Waals surface area contributed by atoms with E-state index in [2.05, 4.69) is 16.8 Å². The summed E-state index contributed by atoms with van der Waals surface area (Å²) in [5, 5.41) is 0. The Balaban J connectivity index is 1.82. The van der Waals surface area contributed by atoms with Crippen molar-refractivity contribution in [3.63, 3.8) is 0 Å². The maximum Gasteiger partial charge on any atom is 0.123 e. The van der Waals surface area contributed by atoms with Crippen LogP contribution in [0.5, 0.6) is 0 Å². The molecule has 0 aromatic heterocycles. The Morgan fingerprint density at radius 2 is 2.00 bits per heavy atom. The number of likely N-dealkylation sites (N-methyl/N-ethyl adjacent to an activating group) is 1. The number of rotatable bonds is 1. The van der Waals surface area contributed by atoms with Gasteiger partial charge in [0.2, 0.25) is 0 Å². The zero-order valence-electron chi connectivity index (χ0n) is 11.7. The third-order valence-corrected chi connectivity index (χ3v) is 4.58. The molecule has 2 aliphatic rings. The fourth-order valence-electron chi connectivity index (χ4n) is 3.51. The Morgan fingerprint density at radius 3 is 2.89 bits per heavy atom. The largest absolute Gasteiger partial charge is 0.305 e. The van der Waals surface area contributed by atoms with Crippen molar-refractivity contribution in [2.75, 3.05) is 33.2 Å². The molecular weight excluding hydrogens is 239 g/mol. The van der Waals surface area contributed by atoms with Crippen LogP contribution in [0.25, 0.3) is 0 Å². The molecule has 1 aromatic carbocycles. The van der Waals surface area contributed by atoms with Crippen LogP contribution < -0.4 is 0 Å². The van der Waals surface area contributed by atoms with Crippen molar-refractivity contribution in [3.8, 4) is 0 Å². The number of benzene rings is 1. The molecular formula is C16H23FN2. The maximum absolute atomic E-state index is 13.4. The van der Waals surface area contributed by atoms with E-state index < -0.39 is 0 Å². The molecule has 2 nitrogen and oxygen atoms in total. The standard InChI is InChI=1S/C16H23FN2/c1-18-8-3-9-19(11-10-18)16-5-2-4-13-12-14(17)6-7-15(13)16/h6-7,12,16H,2-5,8-11H2,1H3/t16-/m1/s1. The second kappa shape index (κ2) is 5.59. The van der Waals surface area contributed by atoms with E-state index >= 15 is 0 Å². The second-order valence-electron chi connectivity index (χ2n) is 5.94. The van der Waals surface area contributed by atoms with Crippen molar-refractivity contribution >= 4 is 0 Å². The predicted octanol–water partition coefficient (Wildman–Crippen LogP) is 2.84. The number of fused-ring (bicyclic) bond motifs is 1. The second-order valence-corrected chi connectivity index (χ2v) is 5.94. The van der Waals surface area contributed by atoms with Crippen LogP contribution in [-0.2, 0) is 6.42 Å². The molecule has 0 amide bonds. The molecule has 1 fully saturated rings. The topological polar surface area (TPSA) is 6.48 Å². The Morgan fingerprint density at radius 1 is 1.11 bits per heavy atom. The molecule has 1 atom stereocenters. The van der Waals surface area contributed by atoms with E-state index in [1.54, 1.807) is 12.1 Å². The van der Waals surface area contributed by atoms with E-state index in [9.17, 15) is 4.39 Å². The Labute approximate surface area is 115 Å². The minimum atomic E-state index is -0.0880. The lowest BCUT2D eigenvalue weighted by molar-refractivity contribution is 0.184. The summed E-state index contributed by atoms with van der Waals surface area (Å²) in [5.41, 5.74) is 2.60. The first kappa shape index (κ1) is 13.1. The SMILES string of the molecule is CN1CCCN([C@@H]2CCCc3cc(F)ccc32)CC1. The van der Waals surface area contributed by atoms with E-state index in [4.69, 9.17) is 0 Å². The van der Waals surface area contributed by atoms with Crippen molar-refractivity contribution in [1.29, 1.82) is 0 Å². The molecule has 3 heteroatoms. The van der Waals surface area contributed by atoms with Gasteiger partial charge in [-0.2, -0.15) is 0 Å². The highest BCUT2D eigenvalue weighted by Crippen LogP contribution is 2.35. The van der Waals surface area contributed by atoms with Crippen molar-refractivity contribution in [3.05, 3.63) is 35.1 Å². The van der Waals surface area contributed by atoms with E-state index in [0.29, 0.717) is 6.04 Å². The van der Waals surface area contributed by atoms with Crippen LogP contribution in [0.3, 0.4) is 0 Å². The summed E-state index contributed by atoms with van der Waals surface area (Å²) < 4.78 is 13.4. The third kappa shape index (κ3) is 2.82. The van der Waals surface area contributed by atoms with E-state index in [-0.39, 0.29) is 5.82 Å². The molecule has 1 aliphatic carbocycles. The van der Waals surface area contributed by atoms with Gasteiger partial charge in [-0.15, -0.1) is 0 Å². The van der Waals surface area contributed by atoms with E-state index in [0.717, 1.165) is 19.5 Å². The minimum Gasteiger partial charge on any atom is -0.305 e. The van der Waals surface area contributed by atoms with Crippen LogP contribution >= 0.6 is 0 Å². The third-order valence-electron chi connectivity index (χ3n) is 4.58. The summed E-state index contributed by atoms with van der Waals surface area (Å²) >= 11 is 0. The highest BCUT2D eigenvalue weighted by atomic mass is 19.1. The van der Waals surface area contributed by atoms with Crippen LogP contribution in [-0.4, -0.2) is 43.0 Å².